The molecule has 0 atom stereocenters. The number of nitrogens with zero attached hydrogens (tertiary/aromatic N) is 1. The van der Waals surface area contributed by atoms with Crippen LogP contribution in [0.3, 0.4) is 0 Å². The van der Waals surface area contributed by atoms with E-state index in [9.17, 15) is 8.42 Å². The molecule has 118 valence electrons. The molecule has 1 aromatic rings. The second-order valence-corrected chi connectivity index (χ2v) is 10.3. The van der Waals surface area contributed by atoms with Gasteiger partial charge in [-0.2, -0.15) is 4.31 Å². The second kappa shape index (κ2) is 5.65. The molecule has 0 bridgehead atoms. The summed E-state index contributed by atoms with van der Waals surface area (Å²) in [4.78, 5) is 1.15. The Kier molecular flexibility index (Phi) is 4.16. The van der Waals surface area contributed by atoms with Gasteiger partial charge < -0.3 is 5.32 Å². The van der Waals surface area contributed by atoms with E-state index >= 15 is 0 Å². The molecule has 1 aliphatic carbocycles. The Hall–Kier alpha value is -0.430. The first-order valence-electron chi connectivity index (χ1n) is 7.69. The van der Waals surface area contributed by atoms with Crippen molar-refractivity contribution >= 4 is 21.4 Å². The van der Waals surface area contributed by atoms with Gasteiger partial charge in [-0.05, 0) is 43.2 Å². The van der Waals surface area contributed by atoms with Gasteiger partial charge in [0.15, 0.2) is 0 Å². The highest BCUT2D eigenvalue weighted by Gasteiger charge is 2.37. The van der Waals surface area contributed by atoms with Crippen LogP contribution in [0.1, 0.15) is 38.0 Å². The molecule has 0 spiro atoms. The van der Waals surface area contributed by atoms with Gasteiger partial charge in [0.05, 0.1) is 0 Å². The van der Waals surface area contributed by atoms with Crippen LogP contribution in [0, 0.1) is 5.41 Å². The van der Waals surface area contributed by atoms with E-state index in [0.717, 1.165) is 24.3 Å². The van der Waals surface area contributed by atoms with E-state index in [1.165, 1.54) is 24.2 Å². The zero-order valence-corrected chi connectivity index (χ0v) is 14.4. The van der Waals surface area contributed by atoms with Gasteiger partial charge in [-0.3, -0.25) is 0 Å². The molecule has 1 saturated heterocycles. The van der Waals surface area contributed by atoms with Crippen LogP contribution in [0.5, 0.6) is 0 Å². The number of hydrogen-bond donors (Lipinski definition) is 1. The van der Waals surface area contributed by atoms with Crippen molar-refractivity contribution in [2.45, 2.75) is 49.8 Å². The summed E-state index contributed by atoms with van der Waals surface area (Å²) in [5, 5.41) is 3.47. The first-order valence-corrected chi connectivity index (χ1v) is 9.95. The van der Waals surface area contributed by atoms with Crippen molar-refractivity contribution in [2.75, 3.05) is 19.6 Å². The van der Waals surface area contributed by atoms with Crippen molar-refractivity contribution < 1.29 is 8.42 Å². The summed E-state index contributed by atoms with van der Waals surface area (Å²) in [5.41, 5.74) is 0.0986. The van der Waals surface area contributed by atoms with E-state index < -0.39 is 10.0 Å². The molecule has 2 aliphatic rings. The molecule has 2 fully saturated rings. The number of nitrogens with one attached hydrogen (secondary N) is 1. The number of rotatable bonds is 6. The molecule has 6 heteroatoms. The molecule has 0 aromatic carbocycles. The lowest BCUT2D eigenvalue weighted by Crippen LogP contribution is -2.29. The minimum absolute atomic E-state index is 0.0986. The standard InChI is InChI=1S/C15H24N2O2S2/c1-15(2)8-10-17(11-15)21(18,19)14-6-5-13(20-14)7-9-16-12-3-4-12/h5-6,12,16H,3-4,7-11H2,1-2H3. The molecule has 0 radical (unpaired) electrons. The maximum atomic E-state index is 12.6. The van der Waals surface area contributed by atoms with Gasteiger partial charge >= 0.3 is 0 Å². The Bertz CT molecular complexity index is 603. The first-order chi connectivity index (χ1) is 9.87. The van der Waals surface area contributed by atoms with E-state index in [4.69, 9.17) is 0 Å². The fourth-order valence-electron chi connectivity index (χ4n) is 2.71. The Morgan fingerprint density at radius 2 is 2.14 bits per heavy atom. The monoisotopic (exact) mass is 328 g/mol. The Balaban J connectivity index is 1.63. The van der Waals surface area contributed by atoms with Crippen LogP contribution < -0.4 is 5.32 Å². The lowest BCUT2D eigenvalue weighted by atomic mass is 9.93. The Morgan fingerprint density at radius 3 is 2.76 bits per heavy atom. The fraction of sp³-hybridized carbons (Fsp3) is 0.733. The summed E-state index contributed by atoms with van der Waals surface area (Å²) in [5.74, 6) is 0. The molecule has 1 aromatic heterocycles. The average Bonchev–Trinajstić information content (AvgIpc) is 2.95. The number of thiophene rings is 1. The van der Waals surface area contributed by atoms with Crippen LogP contribution in [-0.2, 0) is 16.4 Å². The maximum Gasteiger partial charge on any atom is 0.252 e. The van der Waals surface area contributed by atoms with Crippen molar-refractivity contribution in [3.8, 4) is 0 Å². The molecular weight excluding hydrogens is 304 g/mol. The third kappa shape index (κ3) is 3.67. The van der Waals surface area contributed by atoms with Gasteiger partial charge in [-0.25, -0.2) is 8.42 Å². The van der Waals surface area contributed by atoms with E-state index in [-0.39, 0.29) is 5.41 Å². The van der Waals surface area contributed by atoms with Crippen LogP contribution in [0.25, 0.3) is 0 Å². The summed E-state index contributed by atoms with van der Waals surface area (Å²) in [6.07, 6.45) is 4.43. The highest BCUT2D eigenvalue weighted by molar-refractivity contribution is 7.91. The van der Waals surface area contributed by atoms with E-state index in [2.05, 4.69) is 19.2 Å². The highest BCUT2D eigenvalue weighted by atomic mass is 32.2. The van der Waals surface area contributed by atoms with Crippen molar-refractivity contribution in [2.24, 2.45) is 5.41 Å². The van der Waals surface area contributed by atoms with Crippen LogP contribution in [0.4, 0.5) is 0 Å². The second-order valence-electron chi connectivity index (χ2n) is 6.95. The maximum absolute atomic E-state index is 12.6. The van der Waals surface area contributed by atoms with Crippen molar-refractivity contribution in [3.63, 3.8) is 0 Å². The van der Waals surface area contributed by atoms with Crippen molar-refractivity contribution in [3.05, 3.63) is 17.0 Å². The van der Waals surface area contributed by atoms with Crippen molar-refractivity contribution in [1.29, 1.82) is 0 Å². The van der Waals surface area contributed by atoms with Gasteiger partial charge in [0.25, 0.3) is 10.0 Å². The van der Waals surface area contributed by atoms with Gasteiger partial charge in [-0.1, -0.05) is 13.8 Å². The van der Waals surface area contributed by atoms with Crippen LogP contribution >= 0.6 is 11.3 Å². The van der Waals surface area contributed by atoms with E-state index in [0.29, 0.717) is 23.3 Å². The zero-order valence-electron chi connectivity index (χ0n) is 12.8. The molecule has 4 nitrogen and oxygen atoms in total. The van der Waals surface area contributed by atoms with Crippen LogP contribution in [0.2, 0.25) is 0 Å². The van der Waals surface area contributed by atoms with E-state index in [1.807, 2.05) is 6.07 Å². The third-order valence-corrected chi connectivity index (χ3v) is 7.71. The van der Waals surface area contributed by atoms with Crippen LogP contribution in [-0.4, -0.2) is 38.4 Å². The predicted octanol–water partition coefficient (Wildman–Crippen LogP) is 2.46. The number of hydrogen-bond acceptors (Lipinski definition) is 4. The molecule has 21 heavy (non-hydrogen) atoms. The molecule has 1 saturated carbocycles. The van der Waals surface area contributed by atoms with E-state index in [1.54, 1.807) is 10.4 Å². The van der Waals surface area contributed by atoms with Crippen molar-refractivity contribution in [1.82, 2.24) is 9.62 Å². The average molecular weight is 329 g/mol. The van der Waals surface area contributed by atoms with Gasteiger partial charge in [-0.15, -0.1) is 11.3 Å². The largest absolute Gasteiger partial charge is 0.314 e. The lowest BCUT2D eigenvalue weighted by molar-refractivity contribution is 0.376. The molecule has 3 rings (SSSR count). The summed E-state index contributed by atoms with van der Waals surface area (Å²) in [7, 11) is -3.29. The fourth-order valence-corrected chi connectivity index (χ4v) is 5.85. The molecule has 1 N–H and O–H groups in total. The quantitative estimate of drug-likeness (QED) is 0.873. The molecule has 1 aliphatic heterocycles. The SMILES string of the molecule is CC1(C)CCN(S(=O)(=O)c2ccc(CCNC3CC3)s2)C1. The van der Waals surface area contributed by atoms with Gasteiger partial charge in [0.2, 0.25) is 0 Å². The molecule has 0 amide bonds. The summed E-state index contributed by atoms with van der Waals surface area (Å²) < 4.78 is 27.4. The topological polar surface area (TPSA) is 49.4 Å². The Labute approximate surface area is 131 Å². The Morgan fingerprint density at radius 1 is 1.38 bits per heavy atom. The molecular formula is C15H24N2O2S2. The normalized spacial score (nSPS) is 22.8. The van der Waals surface area contributed by atoms with Gasteiger partial charge in [0.1, 0.15) is 4.21 Å². The minimum Gasteiger partial charge on any atom is -0.314 e. The highest BCUT2D eigenvalue weighted by Crippen LogP contribution is 2.34. The summed E-state index contributed by atoms with van der Waals surface area (Å²) in [6, 6.07) is 4.45. The smallest absolute Gasteiger partial charge is 0.252 e. The lowest BCUT2D eigenvalue weighted by Gasteiger charge is -2.18. The third-order valence-electron chi connectivity index (χ3n) is 4.26. The van der Waals surface area contributed by atoms with Gasteiger partial charge in [0, 0.05) is 30.6 Å². The zero-order chi connectivity index (χ0) is 15.1. The molecule has 2 heterocycles. The first kappa shape index (κ1) is 15.5. The molecule has 0 unspecified atom stereocenters. The number of sulfonamides is 1. The minimum atomic E-state index is -3.29. The van der Waals surface area contributed by atoms with Crippen LogP contribution in [0.15, 0.2) is 16.3 Å². The predicted molar refractivity (Wildman–Crippen MR) is 86.2 cm³/mol. The summed E-state index contributed by atoms with van der Waals surface area (Å²) in [6.45, 7) is 6.48. The summed E-state index contributed by atoms with van der Waals surface area (Å²) >= 11 is 1.43.